The zero-order valence-electron chi connectivity index (χ0n) is 12.2. The van der Waals surface area contributed by atoms with Crippen molar-refractivity contribution in [2.24, 2.45) is 11.8 Å². The molecule has 0 bridgehead atoms. The molecule has 1 saturated carbocycles. The summed E-state index contributed by atoms with van der Waals surface area (Å²) >= 11 is 0. The average molecular weight is 254 g/mol. The summed E-state index contributed by atoms with van der Waals surface area (Å²) in [6.07, 6.45) is 4.72. The first-order valence-electron chi connectivity index (χ1n) is 7.75. The van der Waals surface area contributed by atoms with Crippen molar-refractivity contribution in [1.82, 2.24) is 10.2 Å². The summed E-state index contributed by atoms with van der Waals surface area (Å²) in [6.45, 7) is 10.0. The lowest BCUT2D eigenvalue weighted by molar-refractivity contribution is 0.0245. The van der Waals surface area contributed by atoms with Gasteiger partial charge in [0, 0.05) is 25.2 Å². The smallest absolute Gasteiger partial charge is 0.0578 e. The molecular formula is C15H30N2O. The van der Waals surface area contributed by atoms with Crippen molar-refractivity contribution in [3.8, 4) is 0 Å². The molecule has 0 radical (unpaired) electrons. The van der Waals surface area contributed by atoms with Gasteiger partial charge in [0.25, 0.3) is 0 Å². The highest BCUT2D eigenvalue weighted by molar-refractivity contribution is 4.89. The number of hydrogen-bond donors (Lipinski definition) is 2. The Morgan fingerprint density at radius 2 is 2.00 bits per heavy atom. The molecule has 2 N–H and O–H groups in total. The summed E-state index contributed by atoms with van der Waals surface area (Å²) in [7, 11) is 0. The highest BCUT2D eigenvalue weighted by atomic mass is 16.3. The third kappa shape index (κ3) is 3.94. The Balaban J connectivity index is 1.87. The van der Waals surface area contributed by atoms with Gasteiger partial charge in [-0.2, -0.15) is 0 Å². The number of piperidine rings is 1. The van der Waals surface area contributed by atoms with E-state index in [0.29, 0.717) is 18.0 Å². The van der Waals surface area contributed by atoms with Crippen molar-refractivity contribution >= 4 is 0 Å². The second-order valence-electron chi connectivity index (χ2n) is 6.57. The summed E-state index contributed by atoms with van der Waals surface area (Å²) in [6, 6.07) is 1.16. The van der Waals surface area contributed by atoms with E-state index in [1.165, 1.54) is 19.4 Å². The molecule has 1 heterocycles. The maximum atomic E-state index is 10.1. The molecule has 1 saturated heterocycles. The van der Waals surface area contributed by atoms with Crippen LogP contribution in [-0.2, 0) is 0 Å². The molecule has 18 heavy (non-hydrogen) atoms. The normalized spacial score (nSPS) is 31.8. The fourth-order valence-electron chi connectivity index (χ4n) is 3.01. The first-order chi connectivity index (χ1) is 8.60. The molecule has 3 unspecified atom stereocenters. The fourth-order valence-corrected chi connectivity index (χ4v) is 3.01. The number of aliphatic hydroxyl groups is 1. The van der Waals surface area contributed by atoms with Gasteiger partial charge < -0.3 is 10.4 Å². The minimum atomic E-state index is -0.128. The lowest BCUT2D eigenvalue weighted by atomic mass is 9.87. The molecule has 3 nitrogen and oxygen atoms in total. The van der Waals surface area contributed by atoms with E-state index in [-0.39, 0.29) is 6.10 Å². The van der Waals surface area contributed by atoms with Crippen molar-refractivity contribution in [1.29, 1.82) is 0 Å². The molecule has 0 aromatic rings. The summed E-state index contributed by atoms with van der Waals surface area (Å²) in [4.78, 5) is 2.53. The molecule has 3 atom stereocenters. The molecular weight excluding hydrogens is 224 g/mol. The van der Waals surface area contributed by atoms with Crippen molar-refractivity contribution in [3.05, 3.63) is 0 Å². The van der Waals surface area contributed by atoms with E-state index in [4.69, 9.17) is 0 Å². The van der Waals surface area contributed by atoms with Gasteiger partial charge in [0.1, 0.15) is 0 Å². The summed E-state index contributed by atoms with van der Waals surface area (Å²) in [5.74, 6) is 1.39. The molecule has 0 spiro atoms. The Kier molecular flexibility index (Phi) is 5.05. The summed E-state index contributed by atoms with van der Waals surface area (Å²) in [5, 5.41) is 13.9. The van der Waals surface area contributed by atoms with Gasteiger partial charge in [-0.15, -0.1) is 0 Å². The molecule has 2 rings (SSSR count). The first-order valence-corrected chi connectivity index (χ1v) is 7.75. The van der Waals surface area contributed by atoms with Gasteiger partial charge in [0.2, 0.25) is 0 Å². The predicted octanol–water partition coefficient (Wildman–Crippen LogP) is 1.86. The van der Waals surface area contributed by atoms with Gasteiger partial charge >= 0.3 is 0 Å². The van der Waals surface area contributed by atoms with Gasteiger partial charge in [-0.3, -0.25) is 4.90 Å². The highest BCUT2D eigenvalue weighted by Gasteiger charge is 2.32. The Morgan fingerprint density at radius 1 is 1.28 bits per heavy atom. The Hall–Kier alpha value is -0.120. The first kappa shape index (κ1) is 14.3. The molecule has 1 aliphatic carbocycles. The topological polar surface area (TPSA) is 35.5 Å². The zero-order chi connectivity index (χ0) is 13.1. The number of likely N-dealkylation sites (tertiary alicyclic amines) is 1. The molecule has 0 aromatic heterocycles. The van der Waals surface area contributed by atoms with Crippen molar-refractivity contribution in [2.45, 2.75) is 64.6 Å². The largest absolute Gasteiger partial charge is 0.393 e. The van der Waals surface area contributed by atoms with Crippen LogP contribution in [0.25, 0.3) is 0 Å². The van der Waals surface area contributed by atoms with Crippen LogP contribution in [0.1, 0.15) is 46.5 Å². The van der Waals surface area contributed by atoms with Crippen LogP contribution in [0.5, 0.6) is 0 Å². The van der Waals surface area contributed by atoms with E-state index in [2.05, 4.69) is 31.0 Å². The lowest BCUT2D eigenvalue weighted by Gasteiger charge is -2.42. The van der Waals surface area contributed by atoms with Gasteiger partial charge in [0.15, 0.2) is 0 Å². The number of nitrogens with one attached hydrogen (secondary N) is 1. The number of hydrogen-bond acceptors (Lipinski definition) is 3. The molecule has 106 valence electrons. The van der Waals surface area contributed by atoms with Crippen molar-refractivity contribution in [2.75, 3.05) is 19.6 Å². The van der Waals surface area contributed by atoms with Crippen LogP contribution in [-0.4, -0.2) is 47.8 Å². The third-order valence-corrected chi connectivity index (χ3v) is 4.60. The highest BCUT2D eigenvalue weighted by Crippen LogP contribution is 2.29. The minimum Gasteiger partial charge on any atom is -0.393 e. The summed E-state index contributed by atoms with van der Waals surface area (Å²) < 4.78 is 0. The van der Waals surface area contributed by atoms with Crippen LogP contribution in [0, 0.1) is 11.8 Å². The second-order valence-corrected chi connectivity index (χ2v) is 6.57. The van der Waals surface area contributed by atoms with Crippen LogP contribution < -0.4 is 5.32 Å². The Labute approximate surface area is 112 Å². The fraction of sp³-hybridized carbons (Fsp3) is 1.00. The van der Waals surface area contributed by atoms with E-state index < -0.39 is 0 Å². The molecule has 0 amide bonds. The SMILES string of the molecule is CCC(O)C1CC(NCC2CC2)CN(C(C)C)C1. The molecule has 0 aromatic carbocycles. The second kappa shape index (κ2) is 6.36. The van der Waals surface area contributed by atoms with E-state index in [1.807, 2.05) is 0 Å². The van der Waals surface area contributed by atoms with E-state index in [9.17, 15) is 5.11 Å². The Bertz CT molecular complexity index is 253. The quantitative estimate of drug-likeness (QED) is 0.759. The average Bonchev–Trinajstić information content (AvgIpc) is 3.19. The molecule has 2 fully saturated rings. The molecule has 3 heteroatoms. The standard InChI is InChI=1S/C15H30N2O/c1-4-15(18)13-7-14(16-8-12-5-6-12)10-17(9-13)11(2)3/h11-16,18H,4-10H2,1-3H3. The maximum absolute atomic E-state index is 10.1. The lowest BCUT2D eigenvalue weighted by Crippen LogP contribution is -2.53. The van der Waals surface area contributed by atoms with Crippen LogP contribution in [0.2, 0.25) is 0 Å². The van der Waals surface area contributed by atoms with Gasteiger partial charge in [-0.25, -0.2) is 0 Å². The number of aliphatic hydroxyl groups excluding tert-OH is 1. The maximum Gasteiger partial charge on any atom is 0.0578 e. The van der Waals surface area contributed by atoms with Gasteiger partial charge in [-0.1, -0.05) is 6.92 Å². The minimum absolute atomic E-state index is 0.128. The van der Waals surface area contributed by atoms with Gasteiger partial charge in [0.05, 0.1) is 6.10 Å². The third-order valence-electron chi connectivity index (χ3n) is 4.60. The predicted molar refractivity (Wildman–Crippen MR) is 75.6 cm³/mol. The van der Waals surface area contributed by atoms with Crippen LogP contribution in [0.4, 0.5) is 0 Å². The van der Waals surface area contributed by atoms with Gasteiger partial charge in [-0.05, 0) is 57.9 Å². The number of nitrogens with zero attached hydrogens (tertiary/aromatic N) is 1. The molecule has 1 aliphatic heterocycles. The van der Waals surface area contributed by atoms with E-state index in [0.717, 1.165) is 31.8 Å². The monoisotopic (exact) mass is 254 g/mol. The van der Waals surface area contributed by atoms with Crippen LogP contribution in [0.3, 0.4) is 0 Å². The van der Waals surface area contributed by atoms with Crippen molar-refractivity contribution in [3.63, 3.8) is 0 Å². The summed E-state index contributed by atoms with van der Waals surface area (Å²) in [5.41, 5.74) is 0. The van der Waals surface area contributed by atoms with E-state index >= 15 is 0 Å². The molecule has 2 aliphatic rings. The number of rotatable bonds is 6. The zero-order valence-corrected chi connectivity index (χ0v) is 12.2. The van der Waals surface area contributed by atoms with Crippen molar-refractivity contribution < 1.29 is 5.11 Å². The van der Waals surface area contributed by atoms with Crippen LogP contribution >= 0.6 is 0 Å². The van der Waals surface area contributed by atoms with E-state index in [1.54, 1.807) is 0 Å². The Morgan fingerprint density at radius 3 is 2.56 bits per heavy atom. The van der Waals surface area contributed by atoms with Crippen LogP contribution in [0.15, 0.2) is 0 Å².